The number of morpholine rings is 1. The molecule has 0 spiro atoms. The molecule has 1 aromatic heterocycles. The summed E-state index contributed by atoms with van der Waals surface area (Å²) < 4.78 is 5.36. The van der Waals surface area contributed by atoms with E-state index in [1.54, 1.807) is 35.2 Å². The molecule has 0 aliphatic carbocycles. The summed E-state index contributed by atoms with van der Waals surface area (Å²) >= 11 is 7.56. The number of rotatable bonds is 8. The highest BCUT2D eigenvalue weighted by Gasteiger charge is 2.20. The highest BCUT2D eigenvalue weighted by Crippen LogP contribution is 2.25. The third-order valence-corrected chi connectivity index (χ3v) is 5.98. The minimum Gasteiger partial charge on any atom is -0.379 e. The number of benzene rings is 1. The Morgan fingerprint density at radius 1 is 1.27 bits per heavy atom. The maximum atomic E-state index is 13.1. The summed E-state index contributed by atoms with van der Waals surface area (Å²) in [4.78, 5) is 29.9. The highest BCUT2D eigenvalue weighted by atomic mass is 35.5. The van der Waals surface area contributed by atoms with Gasteiger partial charge in [-0.25, -0.2) is 0 Å². The molecule has 9 heteroatoms. The summed E-state index contributed by atoms with van der Waals surface area (Å²) in [6.07, 6.45) is 0.254. The predicted octanol–water partition coefficient (Wildman–Crippen LogP) is 3.34. The van der Waals surface area contributed by atoms with E-state index < -0.39 is 0 Å². The fourth-order valence-corrected chi connectivity index (χ4v) is 3.90. The number of nitrogens with one attached hydrogen (secondary N) is 1. The monoisotopic (exact) mass is 446 g/mol. The van der Waals surface area contributed by atoms with Gasteiger partial charge in [-0.15, -0.1) is 11.3 Å². The van der Waals surface area contributed by atoms with Crippen LogP contribution >= 0.6 is 22.9 Å². The number of nitrogens with zero attached hydrogens (tertiary/aromatic N) is 3. The Morgan fingerprint density at radius 2 is 2.07 bits per heavy atom. The molecule has 7 nitrogen and oxygen atoms in total. The van der Waals surface area contributed by atoms with Gasteiger partial charge < -0.3 is 15.0 Å². The molecule has 1 fully saturated rings. The lowest BCUT2D eigenvalue weighted by Crippen LogP contribution is -2.43. The molecule has 158 valence electrons. The zero-order valence-electron chi connectivity index (χ0n) is 16.5. The Labute approximate surface area is 184 Å². The Bertz CT molecular complexity index is 907. The highest BCUT2D eigenvalue weighted by molar-refractivity contribution is 7.12. The van der Waals surface area contributed by atoms with Crippen LogP contribution in [-0.2, 0) is 4.74 Å². The summed E-state index contributed by atoms with van der Waals surface area (Å²) in [5.41, 5.74) is 0.801. The first-order valence-electron chi connectivity index (χ1n) is 9.69. The second-order valence-electron chi connectivity index (χ2n) is 6.78. The lowest BCUT2D eigenvalue weighted by Gasteiger charge is -2.30. The van der Waals surface area contributed by atoms with E-state index in [0.717, 1.165) is 19.6 Å². The first-order valence-corrected chi connectivity index (χ1v) is 10.9. The van der Waals surface area contributed by atoms with Gasteiger partial charge in [0.05, 0.1) is 41.3 Å². The quantitative estimate of drug-likeness (QED) is 0.672. The molecule has 0 radical (unpaired) electrons. The molecule has 1 saturated heterocycles. The molecule has 2 amide bonds. The number of nitriles is 1. The number of hydrogen-bond donors (Lipinski definition) is 1. The summed E-state index contributed by atoms with van der Waals surface area (Å²) in [6, 6.07) is 10.4. The lowest BCUT2D eigenvalue weighted by molar-refractivity contribution is 0.0326. The summed E-state index contributed by atoms with van der Waals surface area (Å²) in [5.74, 6) is -0.466. The molecule has 3 rings (SSSR count). The van der Waals surface area contributed by atoms with Crippen molar-refractivity contribution in [3.05, 3.63) is 51.2 Å². The summed E-state index contributed by atoms with van der Waals surface area (Å²) in [5, 5.41) is 13.9. The van der Waals surface area contributed by atoms with E-state index in [-0.39, 0.29) is 18.2 Å². The third-order valence-electron chi connectivity index (χ3n) is 4.78. The van der Waals surface area contributed by atoms with Gasteiger partial charge in [0.1, 0.15) is 0 Å². The lowest BCUT2D eigenvalue weighted by atomic mass is 10.1. The second-order valence-corrected chi connectivity index (χ2v) is 8.14. The Hall–Kier alpha value is -2.44. The second kappa shape index (κ2) is 11.1. The van der Waals surface area contributed by atoms with Gasteiger partial charge >= 0.3 is 0 Å². The number of carbonyl (C=O) groups is 2. The van der Waals surface area contributed by atoms with Crippen molar-refractivity contribution in [1.82, 2.24) is 9.80 Å². The predicted molar refractivity (Wildman–Crippen MR) is 117 cm³/mol. The van der Waals surface area contributed by atoms with Crippen LogP contribution in [0.4, 0.5) is 5.69 Å². The van der Waals surface area contributed by atoms with Gasteiger partial charge in [-0.3, -0.25) is 14.5 Å². The molecule has 1 aromatic carbocycles. The van der Waals surface area contributed by atoms with Crippen molar-refractivity contribution in [2.24, 2.45) is 0 Å². The van der Waals surface area contributed by atoms with Crippen molar-refractivity contribution in [1.29, 1.82) is 5.26 Å². The summed E-state index contributed by atoms with van der Waals surface area (Å²) in [6.45, 7) is 4.63. The van der Waals surface area contributed by atoms with Crippen LogP contribution in [0.15, 0.2) is 35.7 Å². The minimum absolute atomic E-state index is 0.193. The van der Waals surface area contributed by atoms with Gasteiger partial charge in [0.15, 0.2) is 0 Å². The Morgan fingerprint density at radius 3 is 2.77 bits per heavy atom. The number of anilines is 1. The number of thiophene rings is 1. The Kier molecular flexibility index (Phi) is 8.22. The minimum atomic E-state index is -0.273. The fraction of sp³-hybridized carbons (Fsp3) is 0.381. The first kappa shape index (κ1) is 22.2. The van der Waals surface area contributed by atoms with E-state index >= 15 is 0 Å². The smallest absolute Gasteiger partial charge is 0.265 e. The number of hydrogen-bond acceptors (Lipinski definition) is 6. The van der Waals surface area contributed by atoms with E-state index in [2.05, 4.69) is 16.3 Å². The van der Waals surface area contributed by atoms with Crippen molar-refractivity contribution in [3.63, 3.8) is 0 Å². The van der Waals surface area contributed by atoms with Crippen LogP contribution in [0, 0.1) is 11.3 Å². The average Bonchev–Trinajstić information content (AvgIpc) is 3.31. The molecule has 2 heterocycles. The van der Waals surface area contributed by atoms with Gasteiger partial charge in [-0.05, 0) is 29.6 Å². The molecule has 1 N–H and O–H groups in total. The SMILES string of the molecule is N#CCCN(CCN1CCOCC1)C(=O)c1ccc(Cl)c(NC(=O)c2cccs2)c1. The topological polar surface area (TPSA) is 85.7 Å². The summed E-state index contributed by atoms with van der Waals surface area (Å²) in [7, 11) is 0. The van der Waals surface area contributed by atoms with Crippen LogP contribution in [0.25, 0.3) is 0 Å². The van der Waals surface area contributed by atoms with Gasteiger partial charge in [0.25, 0.3) is 11.8 Å². The van der Waals surface area contributed by atoms with E-state index in [1.807, 2.05) is 5.38 Å². The zero-order valence-corrected chi connectivity index (χ0v) is 18.0. The van der Waals surface area contributed by atoms with Crippen molar-refractivity contribution in [2.45, 2.75) is 6.42 Å². The van der Waals surface area contributed by atoms with Crippen LogP contribution in [0.5, 0.6) is 0 Å². The molecule has 0 unspecified atom stereocenters. The van der Waals surface area contributed by atoms with E-state index in [1.165, 1.54) is 11.3 Å². The molecule has 0 bridgehead atoms. The molecular formula is C21H23ClN4O3S. The van der Waals surface area contributed by atoms with Crippen LogP contribution in [-0.4, -0.2) is 67.6 Å². The van der Waals surface area contributed by atoms with Crippen LogP contribution < -0.4 is 5.32 Å². The number of ether oxygens (including phenoxy) is 1. The molecule has 1 aliphatic heterocycles. The number of amides is 2. The van der Waals surface area contributed by atoms with Crippen molar-refractivity contribution in [3.8, 4) is 6.07 Å². The first-order chi connectivity index (χ1) is 14.6. The van der Waals surface area contributed by atoms with Gasteiger partial charge in [0.2, 0.25) is 0 Å². The third kappa shape index (κ3) is 6.03. The van der Waals surface area contributed by atoms with E-state index in [0.29, 0.717) is 47.5 Å². The van der Waals surface area contributed by atoms with Crippen LogP contribution in [0.3, 0.4) is 0 Å². The number of carbonyl (C=O) groups excluding carboxylic acids is 2. The van der Waals surface area contributed by atoms with E-state index in [9.17, 15) is 9.59 Å². The molecule has 0 atom stereocenters. The van der Waals surface area contributed by atoms with Gasteiger partial charge in [-0.1, -0.05) is 17.7 Å². The van der Waals surface area contributed by atoms with Gasteiger partial charge in [-0.2, -0.15) is 5.26 Å². The number of halogens is 1. The molecule has 2 aromatic rings. The molecular weight excluding hydrogens is 424 g/mol. The van der Waals surface area contributed by atoms with Gasteiger partial charge in [0, 0.05) is 38.3 Å². The maximum absolute atomic E-state index is 13.1. The molecule has 0 saturated carbocycles. The zero-order chi connectivity index (χ0) is 21.3. The van der Waals surface area contributed by atoms with E-state index in [4.69, 9.17) is 21.6 Å². The molecule has 1 aliphatic rings. The van der Waals surface area contributed by atoms with Crippen molar-refractivity contribution in [2.75, 3.05) is 51.3 Å². The average molecular weight is 447 g/mol. The largest absolute Gasteiger partial charge is 0.379 e. The maximum Gasteiger partial charge on any atom is 0.265 e. The van der Waals surface area contributed by atoms with Crippen LogP contribution in [0.2, 0.25) is 5.02 Å². The Balaban J connectivity index is 1.71. The fourth-order valence-electron chi connectivity index (χ4n) is 3.12. The van der Waals surface area contributed by atoms with Crippen molar-refractivity contribution >= 4 is 40.4 Å². The normalized spacial score (nSPS) is 14.1. The van der Waals surface area contributed by atoms with Crippen molar-refractivity contribution < 1.29 is 14.3 Å². The molecule has 30 heavy (non-hydrogen) atoms. The van der Waals surface area contributed by atoms with Crippen LogP contribution in [0.1, 0.15) is 26.5 Å². The standard InChI is InChI=1S/C21H23ClN4O3S/c22-17-5-4-16(15-18(17)24-20(27)19-3-1-14-30-19)21(28)26(7-2-6-23)9-8-25-10-12-29-13-11-25/h1,3-5,14-15H,2,7-13H2,(H,24,27).